The number of fused-ring (bicyclic) bond motifs is 1. The van der Waals surface area contributed by atoms with Crippen LogP contribution in [0, 0.1) is 0 Å². The summed E-state index contributed by atoms with van der Waals surface area (Å²) in [4.78, 5) is 23.0. The summed E-state index contributed by atoms with van der Waals surface area (Å²) in [7, 11) is 1.63. The Kier molecular flexibility index (Phi) is 8.45. The number of ether oxygens (including phenoxy) is 1. The summed E-state index contributed by atoms with van der Waals surface area (Å²) in [5.41, 5.74) is 8.40. The van der Waals surface area contributed by atoms with E-state index in [0.717, 1.165) is 72.5 Å². The van der Waals surface area contributed by atoms with E-state index in [1.807, 2.05) is 41.3 Å². The SMILES string of the molecule is COc1nc(-c2cccc(-c3ccnc(-c4ccc5c(c4)CNC5)c3Cl)c2Cl)ccc1CNC1CCN(C(C)=O)CC1. The van der Waals surface area contributed by atoms with Crippen molar-refractivity contribution in [1.29, 1.82) is 0 Å². The minimum atomic E-state index is 0.140. The van der Waals surface area contributed by atoms with Gasteiger partial charge in [0.15, 0.2) is 0 Å². The van der Waals surface area contributed by atoms with Gasteiger partial charge < -0.3 is 20.3 Å². The number of halogens is 2. The summed E-state index contributed by atoms with van der Waals surface area (Å²) in [5, 5.41) is 8.11. The van der Waals surface area contributed by atoms with Gasteiger partial charge in [0.2, 0.25) is 11.8 Å². The fraction of sp³-hybridized carbons (Fsp3) is 0.303. The normalized spacial score (nSPS) is 15.1. The number of hydrogen-bond donors (Lipinski definition) is 2. The van der Waals surface area contributed by atoms with Crippen LogP contribution in [0.15, 0.2) is 60.8 Å². The first-order valence-corrected chi connectivity index (χ1v) is 15.0. The molecule has 1 amide bonds. The van der Waals surface area contributed by atoms with Crippen molar-refractivity contribution < 1.29 is 9.53 Å². The summed E-state index contributed by atoms with van der Waals surface area (Å²) in [6, 6.07) is 18.5. The highest BCUT2D eigenvalue weighted by Gasteiger charge is 2.22. The van der Waals surface area contributed by atoms with Crippen molar-refractivity contribution in [2.75, 3.05) is 20.2 Å². The molecule has 0 unspecified atom stereocenters. The molecule has 4 aromatic rings. The largest absolute Gasteiger partial charge is 0.481 e. The van der Waals surface area contributed by atoms with Crippen molar-refractivity contribution >= 4 is 29.1 Å². The summed E-state index contributed by atoms with van der Waals surface area (Å²) < 4.78 is 5.69. The van der Waals surface area contributed by atoms with Crippen molar-refractivity contribution in [2.45, 2.75) is 45.4 Å². The predicted octanol–water partition coefficient (Wildman–Crippen LogP) is 6.50. The Morgan fingerprint density at radius 1 is 1.00 bits per heavy atom. The molecule has 0 saturated carbocycles. The highest BCUT2D eigenvalue weighted by Crippen LogP contribution is 2.42. The van der Waals surface area contributed by atoms with Crippen LogP contribution in [0.1, 0.15) is 36.5 Å². The van der Waals surface area contributed by atoms with Gasteiger partial charge >= 0.3 is 0 Å². The number of likely N-dealkylation sites (tertiary alicyclic amines) is 1. The van der Waals surface area contributed by atoms with Gasteiger partial charge in [0, 0.05) is 79.7 Å². The number of hydrogen-bond acceptors (Lipinski definition) is 6. The molecule has 0 radical (unpaired) electrons. The van der Waals surface area contributed by atoms with Crippen LogP contribution in [0.3, 0.4) is 0 Å². The number of nitrogens with zero attached hydrogens (tertiary/aromatic N) is 3. The quantitative estimate of drug-likeness (QED) is 0.252. The Hall–Kier alpha value is -3.49. The number of benzene rings is 2. The first-order chi connectivity index (χ1) is 20.4. The van der Waals surface area contributed by atoms with E-state index in [1.165, 1.54) is 11.1 Å². The molecular formula is C33H33Cl2N5O2. The van der Waals surface area contributed by atoms with E-state index in [2.05, 4.69) is 33.8 Å². The highest BCUT2D eigenvalue weighted by molar-refractivity contribution is 6.39. The fourth-order valence-electron chi connectivity index (χ4n) is 5.82. The van der Waals surface area contributed by atoms with Crippen molar-refractivity contribution in [3.63, 3.8) is 0 Å². The average Bonchev–Trinajstić information content (AvgIpc) is 3.49. The number of carbonyl (C=O) groups is 1. The maximum Gasteiger partial charge on any atom is 0.219 e. The molecule has 216 valence electrons. The molecule has 4 heterocycles. The number of nitrogens with one attached hydrogen (secondary N) is 2. The van der Waals surface area contributed by atoms with E-state index in [4.69, 9.17) is 32.9 Å². The third kappa shape index (κ3) is 5.75. The van der Waals surface area contributed by atoms with Crippen molar-refractivity contribution in [1.82, 2.24) is 25.5 Å². The van der Waals surface area contributed by atoms with Gasteiger partial charge in [-0.2, -0.15) is 0 Å². The molecule has 0 atom stereocenters. The van der Waals surface area contributed by atoms with Gasteiger partial charge in [-0.05, 0) is 42.2 Å². The predicted molar refractivity (Wildman–Crippen MR) is 168 cm³/mol. The Labute approximate surface area is 256 Å². The van der Waals surface area contributed by atoms with Crippen LogP contribution >= 0.6 is 23.2 Å². The maximum atomic E-state index is 11.6. The second-order valence-corrected chi connectivity index (χ2v) is 11.6. The van der Waals surface area contributed by atoms with Gasteiger partial charge in [0.05, 0.1) is 28.5 Å². The summed E-state index contributed by atoms with van der Waals surface area (Å²) in [6.07, 6.45) is 3.63. The van der Waals surface area contributed by atoms with Crippen LogP contribution in [-0.2, 0) is 24.4 Å². The van der Waals surface area contributed by atoms with Crippen molar-refractivity contribution in [3.8, 4) is 39.5 Å². The molecule has 2 aliphatic rings. The molecule has 2 N–H and O–H groups in total. The summed E-state index contributed by atoms with van der Waals surface area (Å²) in [6.45, 7) is 5.55. The van der Waals surface area contributed by atoms with Crippen LogP contribution in [0.25, 0.3) is 33.6 Å². The molecule has 0 aliphatic carbocycles. The topological polar surface area (TPSA) is 79.4 Å². The summed E-state index contributed by atoms with van der Waals surface area (Å²) >= 11 is 14.0. The van der Waals surface area contributed by atoms with Gasteiger partial charge in [-0.3, -0.25) is 9.78 Å². The smallest absolute Gasteiger partial charge is 0.219 e. The van der Waals surface area contributed by atoms with Crippen molar-refractivity contribution in [2.24, 2.45) is 0 Å². The Bertz CT molecular complexity index is 1640. The number of amides is 1. The monoisotopic (exact) mass is 601 g/mol. The molecule has 2 aromatic heterocycles. The lowest BCUT2D eigenvalue weighted by atomic mass is 9.98. The molecular weight excluding hydrogens is 569 g/mol. The number of piperidine rings is 1. The van der Waals surface area contributed by atoms with Crippen LogP contribution < -0.4 is 15.4 Å². The van der Waals surface area contributed by atoms with E-state index >= 15 is 0 Å². The van der Waals surface area contributed by atoms with Crippen LogP contribution in [0.2, 0.25) is 10.0 Å². The second-order valence-electron chi connectivity index (χ2n) is 10.8. The first kappa shape index (κ1) is 28.6. The number of carbonyl (C=O) groups excluding carboxylic acids is 1. The summed E-state index contributed by atoms with van der Waals surface area (Å²) in [5.74, 6) is 0.694. The van der Waals surface area contributed by atoms with Gasteiger partial charge in [-0.1, -0.05) is 59.6 Å². The number of methoxy groups -OCH3 is 1. The molecule has 0 bridgehead atoms. The lowest BCUT2D eigenvalue weighted by molar-refractivity contribution is -0.129. The van der Waals surface area contributed by atoms with Crippen LogP contribution in [0.5, 0.6) is 5.88 Å². The Morgan fingerprint density at radius 3 is 2.55 bits per heavy atom. The van der Waals surface area contributed by atoms with E-state index in [1.54, 1.807) is 20.2 Å². The lowest BCUT2D eigenvalue weighted by Gasteiger charge is -2.31. The zero-order valence-corrected chi connectivity index (χ0v) is 25.2. The maximum absolute atomic E-state index is 11.6. The highest BCUT2D eigenvalue weighted by atomic mass is 35.5. The standard InChI is InChI=1S/C33H33Cl2N5O2/c1-20(41)40-14-11-25(12-15-40)38-19-23-8-9-29(39-33(23)42-2)28-5-3-4-26(30(28)34)27-10-13-37-32(31(27)35)21-6-7-22-17-36-18-24(22)16-21/h3-10,13,16,25,36,38H,11-12,14-15,17-19H2,1-2H3. The van der Waals surface area contributed by atoms with E-state index in [0.29, 0.717) is 34.2 Å². The Morgan fingerprint density at radius 2 is 1.76 bits per heavy atom. The molecule has 9 heteroatoms. The Balaban J connectivity index is 1.25. The first-order valence-electron chi connectivity index (χ1n) is 14.2. The van der Waals surface area contributed by atoms with E-state index < -0.39 is 0 Å². The fourth-order valence-corrected chi connectivity index (χ4v) is 6.46. The van der Waals surface area contributed by atoms with Crippen LogP contribution in [0.4, 0.5) is 0 Å². The third-order valence-corrected chi connectivity index (χ3v) is 9.01. The molecule has 1 fully saturated rings. The molecule has 7 nitrogen and oxygen atoms in total. The zero-order chi connectivity index (χ0) is 29.2. The van der Waals surface area contributed by atoms with Gasteiger partial charge in [-0.15, -0.1) is 0 Å². The lowest BCUT2D eigenvalue weighted by Crippen LogP contribution is -2.44. The van der Waals surface area contributed by atoms with Gasteiger partial charge in [0.25, 0.3) is 0 Å². The zero-order valence-electron chi connectivity index (χ0n) is 23.7. The molecule has 6 rings (SSSR count). The number of rotatable bonds is 7. The molecule has 2 aliphatic heterocycles. The average molecular weight is 603 g/mol. The van der Waals surface area contributed by atoms with E-state index in [9.17, 15) is 4.79 Å². The molecule has 1 saturated heterocycles. The molecule has 0 spiro atoms. The third-order valence-electron chi connectivity index (χ3n) is 8.22. The van der Waals surface area contributed by atoms with Gasteiger partial charge in [-0.25, -0.2) is 4.98 Å². The second kappa shape index (κ2) is 12.4. The minimum Gasteiger partial charge on any atom is -0.481 e. The molecule has 42 heavy (non-hydrogen) atoms. The number of pyridine rings is 2. The minimum absolute atomic E-state index is 0.140. The van der Waals surface area contributed by atoms with Crippen LogP contribution in [-0.4, -0.2) is 47.0 Å². The molecule has 2 aromatic carbocycles. The van der Waals surface area contributed by atoms with Crippen molar-refractivity contribution in [3.05, 3.63) is 87.5 Å². The van der Waals surface area contributed by atoms with E-state index in [-0.39, 0.29) is 5.91 Å². The van der Waals surface area contributed by atoms with Gasteiger partial charge in [0.1, 0.15) is 0 Å². The number of aromatic nitrogens is 2.